The number of carbonyl (C=O) groups excluding carboxylic acids is 1. The topological polar surface area (TPSA) is 70.1 Å². The average molecular weight is 366 g/mol. The van der Waals surface area contributed by atoms with Gasteiger partial charge in [0.2, 0.25) is 0 Å². The lowest BCUT2D eigenvalue weighted by atomic mass is 9.88. The molecule has 1 amide bonds. The second-order valence-corrected chi connectivity index (χ2v) is 7.27. The number of piperazine rings is 1. The number of carboxylic acids is 1. The molecular weight excluding hydrogens is 344 g/mol. The summed E-state index contributed by atoms with van der Waals surface area (Å²) in [5, 5.41) is 9.43. The quantitative estimate of drug-likeness (QED) is 0.881. The third-order valence-electron chi connectivity index (χ3n) is 5.43. The average Bonchev–Trinajstić information content (AvgIpc) is 2.98. The van der Waals surface area contributed by atoms with Crippen molar-refractivity contribution >= 4 is 12.1 Å². The van der Waals surface area contributed by atoms with E-state index >= 15 is 0 Å². The third kappa shape index (κ3) is 3.40. The maximum atomic E-state index is 12.2. The number of aromatic carboxylic acids is 1. The minimum absolute atomic E-state index is 0.253. The summed E-state index contributed by atoms with van der Waals surface area (Å²) in [7, 11) is 0. The molecule has 2 aliphatic rings. The van der Waals surface area contributed by atoms with Crippen LogP contribution in [0.3, 0.4) is 0 Å². The summed E-state index contributed by atoms with van der Waals surface area (Å²) >= 11 is 0. The molecule has 2 fully saturated rings. The standard InChI is InChI=1S/C21H22N2O4/c24-19(25)18-9-5-4-8-17(18)13-22-10-11-23-20(26)27-15-21(23,14-22)12-16-6-2-1-3-7-16/h1-9H,10-15H2,(H,24,25). The Labute approximate surface area is 158 Å². The van der Waals surface area contributed by atoms with E-state index in [2.05, 4.69) is 17.0 Å². The lowest BCUT2D eigenvalue weighted by molar-refractivity contribution is 0.0472. The zero-order valence-corrected chi connectivity index (χ0v) is 15.0. The minimum Gasteiger partial charge on any atom is -0.478 e. The highest BCUT2D eigenvalue weighted by molar-refractivity contribution is 5.89. The van der Waals surface area contributed by atoms with Crippen LogP contribution in [-0.4, -0.2) is 58.7 Å². The van der Waals surface area contributed by atoms with Crippen LogP contribution >= 0.6 is 0 Å². The molecule has 0 radical (unpaired) electrons. The zero-order valence-electron chi connectivity index (χ0n) is 15.0. The Morgan fingerprint density at radius 3 is 2.59 bits per heavy atom. The summed E-state index contributed by atoms with van der Waals surface area (Å²) in [5.41, 5.74) is 1.87. The number of ether oxygens (including phenoxy) is 1. The van der Waals surface area contributed by atoms with Crippen LogP contribution in [0.2, 0.25) is 0 Å². The number of nitrogens with zero attached hydrogens (tertiary/aromatic N) is 2. The molecule has 2 aromatic carbocycles. The summed E-state index contributed by atoms with van der Waals surface area (Å²) in [5.74, 6) is -0.914. The Bertz CT molecular complexity index is 854. The number of hydrogen-bond acceptors (Lipinski definition) is 4. The molecule has 140 valence electrons. The second-order valence-electron chi connectivity index (χ2n) is 7.27. The van der Waals surface area contributed by atoms with Crippen molar-refractivity contribution in [3.8, 4) is 0 Å². The van der Waals surface area contributed by atoms with E-state index < -0.39 is 11.5 Å². The molecule has 2 aliphatic heterocycles. The lowest BCUT2D eigenvalue weighted by Crippen LogP contribution is -2.62. The molecule has 0 aromatic heterocycles. The predicted octanol–water partition coefficient (Wildman–Crippen LogP) is 2.63. The van der Waals surface area contributed by atoms with Crippen molar-refractivity contribution in [2.75, 3.05) is 26.2 Å². The van der Waals surface area contributed by atoms with Gasteiger partial charge in [-0.3, -0.25) is 9.80 Å². The molecule has 0 spiro atoms. The van der Waals surface area contributed by atoms with Gasteiger partial charge in [-0.25, -0.2) is 9.59 Å². The maximum absolute atomic E-state index is 12.2. The number of amides is 1. The number of cyclic esters (lactones) is 1. The Kier molecular flexibility index (Phi) is 4.58. The van der Waals surface area contributed by atoms with Gasteiger partial charge < -0.3 is 9.84 Å². The number of benzene rings is 2. The number of carboxylic acid groups (broad SMARTS) is 1. The summed E-state index contributed by atoms with van der Waals surface area (Å²) in [6, 6.07) is 17.2. The summed E-state index contributed by atoms with van der Waals surface area (Å²) in [6.07, 6.45) is 0.466. The molecule has 2 saturated heterocycles. The van der Waals surface area contributed by atoms with Gasteiger partial charge in [0.15, 0.2) is 0 Å². The van der Waals surface area contributed by atoms with Crippen LogP contribution in [0.1, 0.15) is 21.5 Å². The number of rotatable bonds is 5. The van der Waals surface area contributed by atoms with Gasteiger partial charge in [-0.05, 0) is 17.2 Å². The molecule has 6 nitrogen and oxygen atoms in total. The van der Waals surface area contributed by atoms with Crippen LogP contribution in [0.25, 0.3) is 0 Å². The summed E-state index contributed by atoms with van der Waals surface area (Å²) in [6.45, 7) is 2.83. The van der Waals surface area contributed by atoms with Crippen molar-refractivity contribution in [2.45, 2.75) is 18.5 Å². The van der Waals surface area contributed by atoms with Gasteiger partial charge in [-0.2, -0.15) is 0 Å². The molecule has 1 unspecified atom stereocenters. The van der Waals surface area contributed by atoms with Crippen molar-refractivity contribution in [3.63, 3.8) is 0 Å². The lowest BCUT2D eigenvalue weighted by Gasteiger charge is -2.45. The molecule has 0 aliphatic carbocycles. The van der Waals surface area contributed by atoms with E-state index in [4.69, 9.17) is 4.74 Å². The Balaban J connectivity index is 1.57. The Morgan fingerprint density at radius 1 is 1.07 bits per heavy atom. The SMILES string of the molecule is O=C(O)c1ccccc1CN1CCN2C(=O)OCC2(Cc2ccccc2)C1. The van der Waals surface area contributed by atoms with Crippen LogP contribution < -0.4 is 0 Å². The Morgan fingerprint density at radius 2 is 1.81 bits per heavy atom. The van der Waals surface area contributed by atoms with Gasteiger partial charge in [0.1, 0.15) is 6.61 Å². The molecular formula is C21H22N2O4. The van der Waals surface area contributed by atoms with Crippen LogP contribution in [0.4, 0.5) is 4.79 Å². The molecule has 1 N–H and O–H groups in total. The fraction of sp³-hybridized carbons (Fsp3) is 0.333. The third-order valence-corrected chi connectivity index (χ3v) is 5.43. The van der Waals surface area contributed by atoms with E-state index in [0.29, 0.717) is 38.3 Å². The first-order valence-corrected chi connectivity index (χ1v) is 9.09. The molecule has 0 saturated carbocycles. The molecule has 2 heterocycles. The molecule has 6 heteroatoms. The van der Waals surface area contributed by atoms with Crippen LogP contribution in [-0.2, 0) is 17.7 Å². The highest BCUT2D eigenvalue weighted by Gasteiger charge is 2.50. The van der Waals surface area contributed by atoms with Crippen molar-refractivity contribution in [1.29, 1.82) is 0 Å². The highest BCUT2D eigenvalue weighted by atomic mass is 16.6. The van der Waals surface area contributed by atoms with Crippen molar-refractivity contribution in [2.24, 2.45) is 0 Å². The van der Waals surface area contributed by atoms with E-state index in [0.717, 1.165) is 17.5 Å². The predicted molar refractivity (Wildman–Crippen MR) is 99.6 cm³/mol. The van der Waals surface area contributed by atoms with E-state index in [1.165, 1.54) is 0 Å². The van der Waals surface area contributed by atoms with Gasteiger partial charge in [-0.15, -0.1) is 0 Å². The molecule has 4 rings (SSSR count). The maximum Gasteiger partial charge on any atom is 0.410 e. The fourth-order valence-corrected chi connectivity index (χ4v) is 4.16. The second kappa shape index (κ2) is 7.04. The summed E-state index contributed by atoms with van der Waals surface area (Å²) < 4.78 is 5.40. The number of fused-ring (bicyclic) bond motifs is 1. The molecule has 1 atom stereocenters. The normalized spacial score (nSPS) is 22.4. The highest BCUT2D eigenvalue weighted by Crippen LogP contribution is 2.33. The first kappa shape index (κ1) is 17.5. The van der Waals surface area contributed by atoms with Gasteiger partial charge in [0.25, 0.3) is 0 Å². The van der Waals surface area contributed by atoms with Gasteiger partial charge in [0, 0.05) is 32.6 Å². The fourth-order valence-electron chi connectivity index (χ4n) is 4.16. The van der Waals surface area contributed by atoms with Crippen LogP contribution in [0, 0.1) is 0 Å². The minimum atomic E-state index is -0.914. The van der Waals surface area contributed by atoms with Crippen LogP contribution in [0.5, 0.6) is 0 Å². The first-order chi connectivity index (χ1) is 13.1. The largest absolute Gasteiger partial charge is 0.478 e. The zero-order chi connectivity index (χ0) is 18.9. The molecule has 2 aromatic rings. The van der Waals surface area contributed by atoms with Crippen molar-refractivity contribution in [3.05, 3.63) is 71.3 Å². The van der Waals surface area contributed by atoms with Crippen molar-refractivity contribution < 1.29 is 19.4 Å². The molecule has 0 bridgehead atoms. The van der Waals surface area contributed by atoms with E-state index in [1.54, 1.807) is 12.1 Å². The van der Waals surface area contributed by atoms with Gasteiger partial charge in [-0.1, -0.05) is 48.5 Å². The van der Waals surface area contributed by atoms with Crippen molar-refractivity contribution in [1.82, 2.24) is 9.80 Å². The van der Waals surface area contributed by atoms with Crippen LogP contribution in [0.15, 0.2) is 54.6 Å². The van der Waals surface area contributed by atoms with Gasteiger partial charge in [0.05, 0.1) is 11.1 Å². The van der Waals surface area contributed by atoms with E-state index in [9.17, 15) is 14.7 Å². The van der Waals surface area contributed by atoms with E-state index in [1.807, 2.05) is 35.2 Å². The number of hydrogen-bond donors (Lipinski definition) is 1. The summed E-state index contributed by atoms with van der Waals surface area (Å²) in [4.78, 5) is 27.8. The first-order valence-electron chi connectivity index (χ1n) is 9.09. The van der Waals surface area contributed by atoms with Gasteiger partial charge >= 0.3 is 12.1 Å². The smallest absolute Gasteiger partial charge is 0.410 e. The molecule has 27 heavy (non-hydrogen) atoms. The Hall–Kier alpha value is -2.86. The van der Waals surface area contributed by atoms with E-state index in [-0.39, 0.29) is 6.09 Å². The monoisotopic (exact) mass is 366 g/mol. The number of carbonyl (C=O) groups is 2.